The molecule has 1 aromatic carbocycles. The van der Waals surface area contributed by atoms with Gasteiger partial charge in [0, 0.05) is 23.3 Å². The number of rotatable bonds is 8. The molecule has 4 nitrogen and oxygen atoms in total. The summed E-state index contributed by atoms with van der Waals surface area (Å²) in [4.78, 5) is 0. The summed E-state index contributed by atoms with van der Waals surface area (Å²) in [6, 6.07) is 8.40. The number of hydrogen-bond acceptors (Lipinski definition) is 4. The Hall–Kier alpha value is -1.07. The Morgan fingerprint density at radius 1 is 1.33 bits per heavy atom. The molecule has 0 saturated carbocycles. The van der Waals surface area contributed by atoms with Gasteiger partial charge in [0.25, 0.3) is 0 Å². The van der Waals surface area contributed by atoms with Crippen molar-refractivity contribution in [2.24, 2.45) is 0 Å². The summed E-state index contributed by atoms with van der Waals surface area (Å²) < 4.78 is 29.0. The Kier molecular flexibility index (Phi) is 5.65. The summed E-state index contributed by atoms with van der Waals surface area (Å²) >= 11 is 0. The minimum absolute atomic E-state index is 0.230. The van der Waals surface area contributed by atoms with Gasteiger partial charge in [0.15, 0.2) is 0 Å². The first-order valence-electron chi connectivity index (χ1n) is 7.73. The van der Waals surface area contributed by atoms with Gasteiger partial charge in [-0.3, -0.25) is 0 Å². The van der Waals surface area contributed by atoms with E-state index in [9.17, 15) is 8.42 Å². The second-order valence-corrected chi connectivity index (χ2v) is 7.97. The van der Waals surface area contributed by atoms with Crippen LogP contribution in [0.1, 0.15) is 38.2 Å². The Morgan fingerprint density at radius 3 is 2.81 bits per heavy atom. The second kappa shape index (κ2) is 7.27. The highest BCUT2D eigenvalue weighted by Crippen LogP contribution is 2.36. The van der Waals surface area contributed by atoms with Crippen molar-refractivity contribution in [2.45, 2.75) is 38.6 Å². The van der Waals surface area contributed by atoms with Gasteiger partial charge in [-0.15, -0.1) is 0 Å². The molecule has 0 fully saturated rings. The van der Waals surface area contributed by atoms with Crippen LogP contribution in [0, 0.1) is 0 Å². The molecule has 1 aliphatic rings. The first-order valence-corrected chi connectivity index (χ1v) is 9.55. The van der Waals surface area contributed by atoms with E-state index in [2.05, 4.69) is 18.3 Å². The van der Waals surface area contributed by atoms with Crippen LogP contribution in [0.3, 0.4) is 0 Å². The Labute approximate surface area is 127 Å². The molecule has 0 radical (unpaired) electrons. The molecule has 1 aromatic rings. The second-order valence-electron chi connectivity index (χ2n) is 5.50. The summed E-state index contributed by atoms with van der Waals surface area (Å²) in [5, 5.41) is 3.49. The highest BCUT2D eigenvalue weighted by molar-refractivity contribution is 7.91. The van der Waals surface area contributed by atoms with E-state index in [0.717, 1.165) is 18.7 Å². The molecule has 2 atom stereocenters. The SMILES string of the molecule is CCNC(CCCS(=O)(=O)CC)C1COc2ccccc21. The van der Waals surface area contributed by atoms with Crippen molar-refractivity contribution in [1.82, 2.24) is 5.32 Å². The van der Waals surface area contributed by atoms with E-state index in [1.54, 1.807) is 6.92 Å². The predicted octanol–water partition coefficient (Wildman–Crippen LogP) is 2.36. The number of ether oxygens (including phenoxy) is 1. The number of fused-ring (bicyclic) bond motifs is 1. The third-order valence-electron chi connectivity index (χ3n) is 4.10. The number of likely N-dealkylation sites (N-methyl/N-ethyl adjacent to an activating group) is 1. The van der Waals surface area contributed by atoms with Crippen LogP contribution in [0.5, 0.6) is 5.75 Å². The summed E-state index contributed by atoms with van der Waals surface area (Å²) in [7, 11) is -2.87. The normalized spacial score (nSPS) is 19.0. The highest BCUT2D eigenvalue weighted by atomic mass is 32.2. The molecule has 0 bridgehead atoms. The van der Waals surface area contributed by atoms with Crippen molar-refractivity contribution in [3.63, 3.8) is 0 Å². The number of sulfone groups is 1. The molecular formula is C16H25NO3S. The monoisotopic (exact) mass is 311 g/mol. The quantitative estimate of drug-likeness (QED) is 0.801. The third kappa shape index (κ3) is 4.20. The average molecular weight is 311 g/mol. The fourth-order valence-electron chi connectivity index (χ4n) is 2.90. The van der Waals surface area contributed by atoms with E-state index in [0.29, 0.717) is 18.9 Å². The summed E-state index contributed by atoms with van der Waals surface area (Å²) in [5.41, 5.74) is 1.24. The molecule has 2 unspecified atom stereocenters. The lowest BCUT2D eigenvalue weighted by Crippen LogP contribution is -2.36. The van der Waals surface area contributed by atoms with E-state index >= 15 is 0 Å². The van der Waals surface area contributed by atoms with E-state index < -0.39 is 9.84 Å². The lowest BCUT2D eigenvalue weighted by Gasteiger charge is -2.23. The molecule has 0 amide bonds. The molecule has 1 aliphatic heterocycles. The zero-order chi connectivity index (χ0) is 15.3. The van der Waals surface area contributed by atoms with Crippen LogP contribution in [0.4, 0.5) is 0 Å². The maximum absolute atomic E-state index is 11.6. The molecule has 1 N–H and O–H groups in total. The first-order chi connectivity index (χ1) is 10.1. The van der Waals surface area contributed by atoms with Crippen LogP contribution >= 0.6 is 0 Å². The van der Waals surface area contributed by atoms with Gasteiger partial charge in [-0.05, 0) is 25.5 Å². The topological polar surface area (TPSA) is 55.4 Å². The van der Waals surface area contributed by atoms with E-state index in [-0.39, 0.29) is 17.5 Å². The van der Waals surface area contributed by atoms with Crippen LogP contribution in [-0.2, 0) is 9.84 Å². The minimum Gasteiger partial charge on any atom is -0.493 e. The van der Waals surface area contributed by atoms with Crippen LogP contribution in [0.15, 0.2) is 24.3 Å². The minimum atomic E-state index is -2.87. The number of benzene rings is 1. The fraction of sp³-hybridized carbons (Fsp3) is 0.625. The number of para-hydroxylation sites is 1. The van der Waals surface area contributed by atoms with Crippen molar-refractivity contribution < 1.29 is 13.2 Å². The van der Waals surface area contributed by atoms with Gasteiger partial charge in [-0.2, -0.15) is 0 Å². The molecule has 0 spiro atoms. The fourth-order valence-corrected chi connectivity index (χ4v) is 3.79. The highest BCUT2D eigenvalue weighted by Gasteiger charge is 2.30. The molecule has 118 valence electrons. The van der Waals surface area contributed by atoms with Crippen molar-refractivity contribution in [1.29, 1.82) is 0 Å². The van der Waals surface area contributed by atoms with E-state index in [1.165, 1.54) is 5.56 Å². The zero-order valence-electron chi connectivity index (χ0n) is 12.8. The summed E-state index contributed by atoms with van der Waals surface area (Å²) in [6.07, 6.45) is 1.56. The van der Waals surface area contributed by atoms with Crippen molar-refractivity contribution in [3.05, 3.63) is 29.8 Å². The Bertz CT molecular complexity index is 556. The number of nitrogens with one attached hydrogen (secondary N) is 1. The molecule has 1 heterocycles. The molecule has 5 heteroatoms. The largest absolute Gasteiger partial charge is 0.493 e. The average Bonchev–Trinajstić information content (AvgIpc) is 2.90. The predicted molar refractivity (Wildman–Crippen MR) is 85.7 cm³/mol. The maximum Gasteiger partial charge on any atom is 0.150 e. The molecule has 0 aromatic heterocycles. The van der Waals surface area contributed by atoms with E-state index in [1.807, 2.05) is 18.2 Å². The molecule has 0 aliphatic carbocycles. The zero-order valence-corrected chi connectivity index (χ0v) is 13.7. The van der Waals surface area contributed by atoms with Gasteiger partial charge >= 0.3 is 0 Å². The van der Waals surface area contributed by atoms with Gasteiger partial charge < -0.3 is 10.1 Å². The van der Waals surface area contributed by atoms with Crippen molar-refractivity contribution in [3.8, 4) is 5.75 Å². The van der Waals surface area contributed by atoms with Gasteiger partial charge in [0.1, 0.15) is 15.6 Å². The van der Waals surface area contributed by atoms with E-state index in [4.69, 9.17) is 4.74 Å². The lowest BCUT2D eigenvalue weighted by atomic mass is 9.90. The van der Waals surface area contributed by atoms with Crippen LogP contribution in [0.25, 0.3) is 0 Å². The Balaban J connectivity index is 2.00. The summed E-state index contributed by atoms with van der Waals surface area (Å²) in [5.74, 6) is 1.78. The molecule has 2 rings (SSSR count). The molecule has 0 saturated heterocycles. The van der Waals surface area contributed by atoms with Gasteiger partial charge in [-0.25, -0.2) is 8.42 Å². The molecule has 21 heavy (non-hydrogen) atoms. The van der Waals surface area contributed by atoms with Crippen LogP contribution in [0.2, 0.25) is 0 Å². The first kappa shape index (κ1) is 16.3. The van der Waals surface area contributed by atoms with Crippen LogP contribution < -0.4 is 10.1 Å². The lowest BCUT2D eigenvalue weighted by molar-refractivity contribution is 0.292. The van der Waals surface area contributed by atoms with Crippen molar-refractivity contribution in [2.75, 3.05) is 24.7 Å². The maximum atomic E-state index is 11.6. The van der Waals surface area contributed by atoms with Crippen molar-refractivity contribution >= 4 is 9.84 Å². The smallest absolute Gasteiger partial charge is 0.150 e. The van der Waals surface area contributed by atoms with Crippen LogP contribution in [-0.4, -0.2) is 39.1 Å². The number of hydrogen-bond donors (Lipinski definition) is 1. The third-order valence-corrected chi connectivity index (χ3v) is 5.89. The van der Waals surface area contributed by atoms with Gasteiger partial charge in [0.05, 0.1) is 12.4 Å². The van der Waals surface area contributed by atoms with Gasteiger partial charge in [-0.1, -0.05) is 32.0 Å². The standard InChI is InChI=1S/C16H25NO3S/c1-3-17-15(9-7-11-21(18,19)4-2)14-12-20-16-10-6-5-8-13(14)16/h5-6,8,10,14-15,17H,3-4,7,9,11-12H2,1-2H3. The van der Waals surface area contributed by atoms with Gasteiger partial charge in [0.2, 0.25) is 0 Å². The Morgan fingerprint density at radius 2 is 2.10 bits per heavy atom. The summed E-state index contributed by atoms with van der Waals surface area (Å²) in [6.45, 7) is 5.34. The molecular weight excluding hydrogens is 286 g/mol.